The molecule has 4 fully saturated rings. The summed E-state index contributed by atoms with van der Waals surface area (Å²) < 4.78 is 78.5. The van der Waals surface area contributed by atoms with Crippen LogP contribution in [0.15, 0.2) is 34.1 Å². The number of rotatable bonds is 9. The van der Waals surface area contributed by atoms with E-state index >= 15 is 17.6 Å². The first kappa shape index (κ1) is 37.9. The molecule has 4 aromatic rings. The number of hydrogen-bond donors (Lipinski definition) is 2. The van der Waals surface area contributed by atoms with E-state index < -0.39 is 68.0 Å². The van der Waals surface area contributed by atoms with Crippen LogP contribution in [0.2, 0.25) is 0 Å². The minimum absolute atomic E-state index is 0.0411. The van der Waals surface area contributed by atoms with Gasteiger partial charge in [-0.3, -0.25) is 9.59 Å². The summed E-state index contributed by atoms with van der Waals surface area (Å²) in [6, 6.07) is 1.93. The molecule has 4 aliphatic heterocycles. The van der Waals surface area contributed by atoms with Crippen molar-refractivity contribution in [2.24, 2.45) is 11.8 Å². The largest absolute Gasteiger partial charge is 0.462 e. The lowest BCUT2D eigenvalue weighted by molar-refractivity contribution is 0.0514. The van der Waals surface area contributed by atoms with Crippen molar-refractivity contribution in [2.45, 2.75) is 64.7 Å². The second-order valence-corrected chi connectivity index (χ2v) is 15.1. The highest BCUT2D eigenvalue weighted by molar-refractivity contribution is 5.96. The number of benzene rings is 2. The number of pyridine rings is 2. The van der Waals surface area contributed by atoms with Gasteiger partial charge in [0, 0.05) is 63.7 Å². The molecule has 4 atom stereocenters. The van der Waals surface area contributed by atoms with Gasteiger partial charge in [0.15, 0.2) is 11.6 Å². The average molecular weight is 781 g/mol. The highest BCUT2D eigenvalue weighted by Crippen LogP contribution is 2.37. The zero-order valence-electron chi connectivity index (χ0n) is 31.3. The zero-order valence-corrected chi connectivity index (χ0v) is 31.3. The number of ether oxygens (including phenoxy) is 2. The third-order valence-electron chi connectivity index (χ3n) is 11.9. The van der Waals surface area contributed by atoms with Crippen LogP contribution in [-0.4, -0.2) is 85.6 Å². The fourth-order valence-electron chi connectivity index (χ4n) is 9.27. The Morgan fingerprint density at radius 2 is 1.09 bits per heavy atom. The molecule has 2 N–H and O–H groups in total. The van der Waals surface area contributed by atoms with E-state index in [-0.39, 0.29) is 72.6 Å². The van der Waals surface area contributed by atoms with Crippen LogP contribution < -0.4 is 31.3 Å². The maximum Gasteiger partial charge on any atom is 0.343 e. The van der Waals surface area contributed by atoms with Crippen LogP contribution in [0.25, 0.3) is 21.8 Å². The van der Waals surface area contributed by atoms with E-state index in [1.165, 1.54) is 9.13 Å². The zero-order chi connectivity index (χ0) is 39.4. The summed E-state index contributed by atoms with van der Waals surface area (Å²) in [4.78, 5) is 56.7. The molecule has 0 spiro atoms. The number of nitrogens with one attached hydrogen (secondary N) is 2. The van der Waals surface area contributed by atoms with Gasteiger partial charge in [0.05, 0.1) is 35.0 Å². The Hall–Kier alpha value is -4.96. The number of carbonyl (C=O) groups excluding carboxylic acids is 2. The fraction of sp³-hybridized carbons (Fsp3) is 0.500. The minimum Gasteiger partial charge on any atom is -0.462 e. The van der Waals surface area contributed by atoms with Crippen LogP contribution in [-0.2, 0) is 22.6 Å². The van der Waals surface area contributed by atoms with E-state index in [9.17, 15) is 19.2 Å². The van der Waals surface area contributed by atoms with Gasteiger partial charge in [0.1, 0.15) is 34.1 Å². The molecule has 0 saturated carbocycles. The van der Waals surface area contributed by atoms with Crippen LogP contribution in [0.4, 0.5) is 28.9 Å². The average Bonchev–Trinajstić information content (AvgIpc) is 3.80. The van der Waals surface area contributed by atoms with Crippen molar-refractivity contribution >= 4 is 45.1 Å². The number of halogens is 4. The first-order valence-corrected chi connectivity index (χ1v) is 19.4. The molecule has 16 heteroatoms. The summed E-state index contributed by atoms with van der Waals surface area (Å²) >= 11 is 0. The number of esters is 2. The number of anilines is 2. The third kappa shape index (κ3) is 6.49. The van der Waals surface area contributed by atoms with Crippen molar-refractivity contribution < 1.29 is 36.6 Å². The summed E-state index contributed by atoms with van der Waals surface area (Å²) in [5.74, 6) is -5.59. The predicted molar refractivity (Wildman–Crippen MR) is 202 cm³/mol. The third-order valence-corrected chi connectivity index (χ3v) is 11.9. The van der Waals surface area contributed by atoms with Gasteiger partial charge >= 0.3 is 11.9 Å². The maximum absolute atomic E-state index is 16.9. The summed E-state index contributed by atoms with van der Waals surface area (Å²) in [6.07, 6.45) is 5.93. The molecule has 0 aliphatic carbocycles. The first-order valence-electron chi connectivity index (χ1n) is 19.4. The molecule has 4 saturated heterocycles. The Bertz CT molecular complexity index is 2180. The van der Waals surface area contributed by atoms with Gasteiger partial charge in [-0.25, -0.2) is 27.2 Å². The number of carbonyl (C=O) groups is 2. The van der Waals surface area contributed by atoms with E-state index in [0.29, 0.717) is 26.2 Å². The van der Waals surface area contributed by atoms with Gasteiger partial charge in [-0.1, -0.05) is 0 Å². The number of nitrogens with zero attached hydrogens (tertiary/aromatic N) is 4. The van der Waals surface area contributed by atoms with E-state index in [2.05, 4.69) is 10.6 Å². The molecule has 0 bridgehead atoms. The summed E-state index contributed by atoms with van der Waals surface area (Å²) in [5.41, 5.74) is -4.01. The molecule has 2 aromatic carbocycles. The van der Waals surface area contributed by atoms with Gasteiger partial charge in [-0.2, -0.15) is 0 Å². The second-order valence-electron chi connectivity index (χ2n) is 15.1. The molecule has 6 heterocycles. The SMILES string of the molecule is CCOC(=O)c1cn(CCn2cc(C(=O)OCC)c(=O)c3cc(F)c(N4CC5CCCNC5C4)c(F)c32)c2c(F)c(N3CC4CCCNC4C3)c(F)cc2c1=O. The highest BCUT2D eigenvalue weighted by atomic mass is 19.1. The Labute approximate surface area is 319 Å². The van der Waals surface area contributed by atoms with Crippen molar-refractivity contribution in [1.29, 1.82) is 0 Å². The minimum atomic E-state index is -1.01. The number of fused-ring (bicyclic) bond motifs is 4. The lowest BCUT2D eigenvalue weighted by atomic mass is 9.94. The van der Waals surface area contributed by atoms with Crippen LogP contribution in [0.3, 0.4) is 0 Å². The highest BCUT2D eigenvalue weighted by Gasteiger charge is 2.39. The first-order chi connectivity index (χ1) is 27.0. The van der Waals surface area contributed by atoms with E-state index in [4.69, 9.17) is 9.47 Å². The number of aromatic nitrogens is 2. The van der Waals surface area contributed by atoms with Gasteiger partial charge < -0.3 is 39.0 Å². The topological polar surface area (TPSA) is 127 Å². The second kappa shape index (κ2) is 15.2. The van der Waals surface area contributed by atoms with E-state index in [0.717, 1.165) is 63.3 Å². The molecule has 56 heavy (non-hydrogen) atoms. The van der Waals surface area contributed by atoms with Crippen LogP contribution in [0.1, 0.15) is 60.2 Å². The van der Waals surface area contributed by atoms with Crippen LogP contribution in [0, 0.1) is 35.1 Å². The summed E-state index contributed by atoms with van der Waals surface area (Å²) in [5, 5.41) is 6.03. The molecule has 298 valence electrons. The van der Waals surface area contributed by atoms with Gasteiger partial charge in [-0.15, -0.1) is 0 Å². The molecule has 0 amide bonds. The molecule has 12 nitrogen and oxygen atoms in total. The Kier molecular flexibility index (Phi) is 10.3. The van der Waals surface area contributed by atoms with Gasteiger partial charge in [0.25, 0.3) is 0 Å². The standard InChI is InChI=1S/C40H44F4N6O6/c1-3-55-39(53)25-17-47(33-23(37(25)51)13-27(41)35(31(33)43)49-15-21-7-5-9-45-29(21)19-49)11-12-48-18-26(40(54)56-4-2)38(52)24-14-28(42)36(32(44)34(24)48)50-16-22-8-6-10-46-30(22)20-50/h13-14,17-18,21-22,29-30,45-46H,3-12,15-16,19-20H2,1-2H3. The van der Waals surface area contributed by atoms with Gasteiger partial charge in [0.2, 0.25) is 10.9 Å². The fourth-order valence-corrected chi connectivity index (χ4v) is 9.27. The quantitative estimate of drug-likeness (QED) is 0.188. The molecule has 4 aliphatic rings. The van der Waals surface area contributed by atoms with Crippen LogP contribution in [0.5, 0.6) is 0 Å². The summed E-state index contributed by atoms with van der Waals surface area (Å²) in [7, 11) is 0. The van der Waals surface area contributed by atoms with Crippen molar-refractivity contribution in [1.82, 2.24) is 19.8 Å². The predicted octanol–water partition coefficient (Wildman–Crippen LogP) is 4.30. The monoisotopic (exact) mass is 780 g/mol. The smallest absolute Gasteiger partial charge is 0.343 e. The maximum atomic E-state index is 16.9. The Morgan fingerprint density at radius 1 is 0.679 bits per heavy atom. The Morgan fingerprint density at radius 3 is 1.46 bits per heavy atom. The van der Waals surface area contributed by atoms with E-state index in [1.807, 2.05) is 0 Å². The number of hydrogen-bond acceptors (Lipinski definition) is 10. The lowest BCUT2D eigenvalue weighted by Crippen LogP contribution is -2.40. The van der Waals surface area contributed by atoms with Crippen molar-refractivity contribution in [3.63, 3.8) is 0 Å². The van der Waals surface area contributed by atoms with Crippen molar-refractivity contribution in [3.05, 3.63) is 79.4 Å². The molecule has 0 radical (unpaired) electrons. The molecular weight excluding hydrogens is 736 g/mol. The number of aryl methyl sites for hydroxylation is 2. The molecule has 8 rings (SSSR count). The molecule has 4 unspecified atom stereocenters. The molecule has 2 aromatic heterocycles. The van der Waals surface area contributed by atoms with E-state index in [1.54, 1.807) is 23.6 Å². The normalized spacial score (nSPS) is 22.1. The van der Waals surface area contributed by atoms with Gasteiger partial charge in [-0.05, 0) is 76.6 Å². The van der Waals surface area contributed by atoms with Crippen LogP contribution >= 0.6 is 0 Å². The van der Waals surface area contributed by atoms with Crippen molar-refractivity contribution in [2.75, 3.05) is 62.3 Å². The lowest BCUT2D eigenvalue weighted by Gasteiger charge is -2.24. The van der Waals surface area contributed by atoms with Crippen molar-refractivity contribution in [3.8, 4) is 0 Å². The summed E-state index contributed by atoms with van der Waals surface area (Å²) in [6.45, 7) is 5.50. The Balaban J connectivity index is 1.27. The number of piperidine rings is 2. The molecular formula is C40H44F4N6O6.